The number of rotatable bonds is 4. The Bertz CT molecular complexity index is 542. The topological polar surface area (TPSA) is 29.5 Å². The van der Waals surface area contributed by atoms with Gasteiger partial charge in [0.1, 0.15) is 5.75 Å². The van der Waals surface area contributed by atoms with Crippen molar-refractivity contribution in [3.63, 3.8) is 0 Å². The van der Waals surface area contributed by atoms with Crippen LogP contribution < -0.4 is 4.74 Å². The molecule has 0 aliphatic rings. The SMILES string of the molecule is COc1ccc(CC(O)c2csc(I)c2)cc1Br. The van der Waals surface area contributed by atoms with Crippen molar-refractivity contribution in [3.05, 3.63) is 48.1 Å². The highest BCUT2D eigenvalue weighted by Gasteiger charge is 2.11. The van der Waals surface area contributed by atoms with Gasteiger partial charge in [0.2, 0.25) is 0 Å². The summed E-state index contributed by atoms with van der Waals surface area (Å²) in [5.41, 5.74) is 2.06. The summed E-state index contributed by atoms with van der Waals surface area (Å²) in [6.07, 6.45) is 0.153. The van der Waals surface area contributed by atoms with Gasteiger partial charge in [-0.25, -0.2) is 0 Å². The second-order valence-electron chi connectivity index (χ2n) is 3.87. The van der Waals surface area contributed by atoms with E-state index in [1.807, 2.05) is 29.6 Å². The highest BCUT2D eigenvalue weighted by atomic mass is 127. The summed E-state index contributed by atoms with van der Waals surface area (Å²) in [6, 6.07) is 7.89. The summed E-state index contributed by atoms with van der Waals surface area (Å²) >= 11 is 7.36. The first kappa shape index (κ1) is 14.3. The zero-order chi connectivity index (χ0) is 13.1. The highest BCUT2D eigenvalue weighted by molar-refractivity contribution is 14.1. The number of benzene rings is 1. The number of ether oxygens (including phenoxy) is 1. The third-order valence-corrected chi connectivity index (χ3v) is 5.04. The molecule has 0 saturated carbocycles. The maximum Gasteiger partial charge on any atom is 0.133 e. The monoisotopic (exact) mass is 438 g/mol. The van der Waals surface area contributed by atoms with Gasteiger partial charge in [-0.1, -0.05) is 6.07 Å². The van der Waals surface area contributed by atoms with E-state index in [2.05, 4.69) is 38.5 Å². The molecule has 0 radical (unpaired) electrons. The minimum Gasteiger partial charge on any atom is -0.496 e. The summed E-state index contributed by atoms with van der Waals surface area (Å²) in [5, 5.41) is 12.2. The van der Waals surface area contributed by atoms with Crippen LogP contribution in [0.2, 0.25) is 0 Å². The molecule has 0 bridgehead atoms. The average molecular weight is 439 g/mol. The number of aliphatic hydroxyl groups is 1. The quantitative estimate of drug-likeness (QED) is 0.717. The second-order valence-corrected chi connectivity index (χ2v) is 7.53. The Balaban J connectivity index is 2.12. The maximum atomic E-state index is 10.2. The van der Waals surface area contributed by atoms with Crippen molar-refractivity contribution in [2.45, 2.75) is 12.5 Å². The van der Waals surface area contributed by atoms with Crippen LogP contribution in [0.25, 0.3) is 0 Å². The van der Waals surface area contributed by atoms with Gasteiger partial charge in [0.15, 0.2) is 0 Å². The molecule has 1 atom stereocenters. The fourth-order valence-electron chi connectivity index (χ4n) is 1.68. The molecule has 0 fully saturated rings. The molecule has 0 aliphatic carbocycles. The molecule has 1 unspecified atom stereocenters. The van der Waals surface area contributed by atoms with Crippen LogP contribution in [-0.4, -0.2) is 12.2 Å². The largest absolute Gasteiger partial charge is 0.496 e. The van der Waals surface area contributed by atoms with Crippen LogP contribution in [0.3, 0.4) is 0 Å². The fourth-order valence-corrected chi connectivity index (χ4v) is 3.68. The zero-order valence-corrected chi connectivity index (χ0v) is 14.3. The first-order valence-corrected chi connectivity index (χ1v) is 8.09. The van der Waals surface area contributed by atoms with Gasteiger partial charge in [-0.05, 0) is 73.2 Å². The van der Waals surface area contributed by atoms with E-state index >= 15 is 0 Å². The Morgan fingerprint density at radius 2 is 2.22 bits per heavy atom. The van der Waals surface area contributed by atoms with Crippen molar-refractivity contribution in [1.29, 1.82) is 0 Å². The lowest BCUT2D eigenvalue weighted by molar-refractivity contribution is 0.179. The van der Waals surface area contributed by atoms with E-state index in [1.54, 1.807) is 18.4 Å². The molecule has 96 valence electrons. The van der Waals surface area contributed by atoms with Gasteiger partial charge >= 0.3 is 0 Å². The summed E-state index contributed by atoms with van der Waals surface area (Å²) < 4.78 is 7.29. The van der Waals surface area contributed by atoms with Gasteiger partial charge in [-0.15, -0.1) is 11.3 Å². The molecule has 1 N–H and O–H groups in total. The first-order chi connectivity index (χ1) is 8.60. The van der Waals surface area contributed by atoms with E-state index in [1.165, 1.54) is 2.88 Å². The lowest BCUT2D eigenvalue weighted by atomic mass is 10.0. The highest BCUT2D eigenvalue weighted by Crippen LogP contribution is 2.29. The molecule has 0 spiro atoms. The summed E-state index contributed by atoms with van der Waals surface area (Å²) in [6.45, 7) is 0. The maximum absolute atomic E-state index is 10.2. The smallest absolute Gasteiger partial charge is 0.133 e. The molecular formula is C13H12BrIO2S. The molecule has 0 saturated heterocycles. The average Bonchev–Trinajstić information content (AvgIpc) is 2.76. The first-order valence-electron chi connectivity index (χ1n) is 5.34. The van der Waals surface area contributed by atoms with E-state index in [0.717, 1.165) is 21.3 Å². The van der Waals surface area contributed by atoms with Crippen molar-refractivity contribution in [1.82, 2.24) is 0 Å². The van der Waals surface area contributed by atoms with Crippen molar-refractivity contribution in [2.24, 2.45) is 0 Å². The Morgan fingerprint density at radius 1 is 1.44 bits per heavy atom. The van der Waals surface area contributed by atoms with Crippen LogP contribution >= 0.6 is 49.9 Å². The van der Waals surface area contributed by atoms with Crippen molar-refractivity contribution in [3.8, 4) is 5.75 Å². The number of hydrogen-bond acceptors (Lipinski definition) is 3. The Hall–Kier alpha value is -0.110. The van der Waals surface area contributed by atoms with E-state index < -0.39 is 6.10 Å². The van der Waals surface area contributed by atoms with Gasteiger partial charge in [0.05, 0.1) is 20.6 Å². The third kappa shape index (κ3) is 3.46. The minimum absolute atomic E-state index is 0.454. The lowest BCUT2D eigenvalue weighted by Gasteiger charge is -2.10. The molecular weight excluding hydrogens is 427 g/mol. The molecule has 0 amide bonds. The molecule has 2 aromatic rings. The van der Waals surface area contributed by atoms with Crippen LogP contribution in [0.5, 0.6) is 5.75 Å². The summed E-state index contributed by atoms with van der Waals surface area (Å²) in [5.74, 6) is 0.804. The standard InChI is InChI=1S/C13H12BrIO2S/c1-17-12-3-2-8(4-10(12)14)5-11(16)9-6-13(15)18-7-9/h2-4,6-7,11,16H,5H2,1H3. The predicted molar refractivity (Wildman–Crippen MR) is 86.4 cm³/mol. The second kappa shape index (κ2) is 6.36. The van der Waals surface area contributed by atoms with Crippen molar-refractivity contribution < 1.29 is 9.84 Å². The van der Waals surface area contributed by atoms with E-state index in [9.17, 15) is 5.11 Å². The van der Waals surface area contributed by atoms with Crippen molar-refractivity contribution in [2.75, 3.05) is 7.11 Å². The van der Waals surface area contributed by atoms with Crippen LogP contribution in [0.4, 0.5) is 0 Å². The molecule has 2 nitrogen and oxygen atoms in total. The van der Waals surface area contributed by atoms with Gasteiger partial charge in [-0.2, -0.15) is 0 Å². The Kier molecular flexibility index (Phi) is 5.06. The Labute approximate surface area is 132 Å². The Morgan fingerprint density at radius 3 is 2.78 bits per heavy atom. The normalized spacial score (nSPS) is 12.4. The zero-order valence-electron chi connectivity index (χ0n) is 9.69. The molecule has 1 aromatic carbocycles. The minimum atomic E-state index is -0.454. The van der Waals surface area contributed by atoms with E-state index in [-0.39, 0.29) is 0 Å². The van der Waals surface area contributed by atoms with Crippen LogP contribution in [0.15, 0.2) is 34.1 Å². The number of halogens is 2. The van der Waals surface area contributed by atoms with Crippen LogP contribution in [0.1, 0.15) is 17.2 Å². The number of thiophene rings is 1. The summed E-state index contributed by atoms with van der Waals surface area (Å²) in [7, 11) is 1.64. The van der Waals surface area contributed by atoms with Crippen LogP contribution in [-0.2, 0) is 6.42 Å². The molecule has 2 rings (SSSR count). The molecule has 5 heteroatoms. The number of methoxy groups -OCH3 is 1. The van der Waals surface area contributed by atoms with Gasteiger partial charge in [-0.3, -0.25) is 0 Å². The molecule has 1 aromatic heterocycles. The van der Waals surface area contributed by atoms with Gasteiger partial charge < -0.3 is 9.84 Å². The number of aliphatic hydroxyl groups excluding tert-OH is 1. The molecule has 18 heavy (non-hydrogen) atoms. The number of hydrogen-bond donors (Lipinski definition) is 1. The lowest BCUT2D eigenvalue weighted by Crippen LogP contribution is -2.00. The van der Waals surface area contributed by atoms with Gasteiger partial charge in [0, 0.05) is 6.42 Å². The predicted octanol–water partition coefficient (Wildman–Crippen LogP) is 4.40. The molecule has 0 aliphatic heterocycles. The third-order valence-electron chi connectivity index (χ3n) is 2.62. The fraction of sp³-hybridized carbons (Fsp3) is 0.231. The molecule has 1 heterocycles. The van der Waals surface area contributed by atoms with Gasteiger partial charge in [0.25, 0.3) is 0 Å². The summed E-state index contributed by atoms with van der Waals surface area (Å²) in [4.78, 5) is 0. The van der Waals surface area contributed by atoms with E-state index in [4.69, 9.17) is 4.74 Å². The van der Waals surface area contributed by atoms with E-state index in [0.29, 0.717) is 6.42 Å². The van der Waals surface area contributed by atoms with Crippen molar-refractivity contribution >= 4 is 49.9 Å². The van der Waals surface area contributed by atoms with Crippen LogP contribution in [0, 0.1) is 2.88 Å².